The molecule has 0 aromatic heterocycles. The van der Waals surface area contributed by atoms with Gasteiger partial charge in [0.05, 0.1) is 16.5 Å². The maximum absolute atomic E-state index is 14.1. The number of hydrogen-bond acceptors (Lipinski definition) is 4. The molecular formula is C23H25BrFN3O4S. The average Bonchev–Trinajstić information content (AvgIpc) is 2.80. The minimum absolute atomic E-state index is 0.0307. The number of anilines is 2. The van der Waals surface area contributed by atoms with Gasteiger partial charge in [-0.25, -0.2) is 12.8 Å². The number of amides is 2. The molecule has 2 aromatic carbocycles. The molecule has 0 saturated carbocycles. The van der Waals surface area contributed by atoms with Crippen LogP contribution in [0.3, 0.4) is 0 Å². The van der Waals surface area contributed by atoms with Gasteiger partial charge in [-0.3, -0.25) is 9.59 Å². The first-order valence-electron chi connectivity index (χ1n) is 10.8. The van der Waals surface area contributed by atoms with Crippen molar-refractivity contribution in [2.45, 2.75) is 37.5 Å². The van der Waals surface area contributed by atoms with E-state index in [4.69, 9.17) is 0 Å². The first-order chi connectivity index (χ1) is 15.7. The predicted octanol–water partition coefficient (Wildman–Crippen LogP) is 3.93. The summed E-state index contributed by atoms with van der Waals surface area (Å²) in [4.78, 5) is 26.5. The topological polar surface area (TPSA) is 86.8 Å². The van der Waals surface area contributed by atoms with Crippen LogP contribution in [0.15, 0.2) is 45.8 Å². The normalized spacial score (nSPS) is 19.1. The van der Waals surface area contributed by atoms with E-state index in [0.29, 0.717) is 36.8 Å². The SMILES string of the molecule is CC(=O)N1CCCc2cc(S(=O)(=O)N3CCCC(C(=O)Nc4ccc(Br)cc4F)C3)ccc21. The van der Waals surface area contributed by atoms with Crippen LogP contribution in [0.2, 0.25) is 0 Å². The molecule has 0 radical (unpaired) electrons. The van der Waals surface area contributed by atoms with E-state index in [1.807, 2.05) is 0 Å². The van der Waals surface area contributed by atoms with E-state index >= 15 is 0 Å². The zero-order valence-electron chi connectivity index (χ0n) is 18.2. The van der Waals surface area contributed by atoms with Crippen molar-refractivity contribution in [3.8, 4) is 0 Å². The molecule has 2 aliphatic rings. The summed E-state index contributed by atoms with van der Waals surface area (Å²) < 4.78 is 42.7. The Morgan fingerprint density at radius 2 is 1.91 bits per heavy atom. The number of fused-ring (bicyclic) bond motifs is 1. The van der Waals surface area contributed by atoms with E-state index in [9.17, 15) is 22.4 Å². The molecule has 1 unspecified atom stereocenters. The summed E-state index contributed by atoms with van der Waals surface area (Å²) in [5.41, 5.74) is 1.64. The number of halogens is 2. The number of carbonyl (C=O) groups is 2. The molecule has 2 aliphatic heterocycles. The molecule has 4 rings (SSSR count). The molecule has 10 heteroatoms. The Hall–Kier alpha value is -2.30. The fourth-order valence-corrected chi connectivity index (χ4v) is 6.32. The van der Waals surface area contributed by atoms with Gasteiger partial charge < -0.3 is 10.2 Å². The largest absolute Gasteiger partial charge is 0.323 e. The second-order valence-electron chi connectivity index (χ2n) is 8.38. The van der Waals surface area contributed by atoms with Crippen molar-refractivity contribution >= 4 is 49.1 Å². The zero-order valence-corrected chi connectivity index (χ0v) is 20.6. The lowest BCUT2D eigenvalue weighted by atomic mass is 9.98. The monoisotopic (exact) mass is 537 g/mol. The molecule has 2 amide bonds. The third-order valence-electron chi connectivity index (χ3n) is 6.13. The molecule has 1 saturated heterocycles. The lowest BCUT2D eigenvalue weighted by molar-refractivity contribution is -0.121. The van der Waals surface area contributed by atoms with Gasteiger partial charge in [0.25, 0.3) is 0 Å². The van der Waals surface area contributed by atoms with Gasteiger partial charge in [-0.05, 0) is 67.6 Å². The van der Waals surface area contributed by atoms with E-state index in [1.54, 1.807) is 23.1 Å². The van der Waals surface area contributed by atoms with E-state index in [0.717, 1.165) is 17.7 Å². The van der Waals surface area contributed by atoms with Crippen LogP contribution in [-0.2, 0) is 26.0 Å². The molecular weight excluding hydrogens is 513 g/mol. The van der Waals surface area contributed by atoms with Crippen molar-refractivity contribution < 1.29 is 22.4 Å². The van der Waals surface area contributed by atoms with Crippen molar-refractivity contribution in [1.82, 2.24) is 4.31 Å². The van der Waals surface area contributed by atoms with Crippen LogP contribution in [0.4, 0.5) is 15.8 Å². The second-order valence-corrected chi connectivity index (χ2v) is 11.2. The third kappa shape index (κ3) is 4.97. The highest BCUT2D eigenvalue weighted by molar-refractivity contribution is 9.10. The van der Waals surface area contributed by atoms with Crippen LogP contribution in [0.25, 0.3) is 0 Å². The molecule has 7 nitrogen and oxygen atoms in total. The van der Waals surface area contributed by atoms with E-state index in [1.165, 1.54) is 29.4 Å². The number of sulfonamides is 1. The Morgan fingerprint density at radius 1 is 1.12 bits per heavy atom. The van der Waals surface area contributed by atoms with Gasteiger partial charge in [0.2, 0.25) is 21.8 Å². The predicted molar refractivity (Wildman–Crippen MR) is 127 cm³/mol. The summed E-state index contributed by atoms with van der Waals surface area (Å²) in [5, 5.41) is 2.58. The number of carbonyl (C=O) groups excluding carboxylic acids is 2. The molecule has 176 valence electrons. The number of aryl methyl sites for hydroxylation is 1. The van der Waals surface area contributed by atoms with E-state index in [-0.39, 0.29) is 23.0 Å². The molecule has 33 heavy (non-hydrogen) atoms. The highest BCUT2D eigenvalue weighted by Gasteiger charge is 2.34. The highest BCUT2D eigenvalue weighted by atomic mass is 79.9. The molecule has 0 spiro atoms. The van der Waals surface area contributed by atoms with E-state index in [2.05, 4.69) is 21.2 Å². The van der Waals surface area contributed by atoms with Crippen LogP contribution in [0.5, 0.6) is 0 Å². The van der Waals surface area contributed by atoms with Crippen molar-refractivity contribution in [3.63, 3.8) is 0 Å². The molecule has 2 aromatic rings. The maximum atomic E-state index is 14.1. The summed E-state index contributed by atoms with van der Waals surface area (Å²) in [7, 11) is -3.82. The van der Waals surface area contributed by atoms with Gasteiger partial charge >= 0.3 is 0 Å². The summed E-state index contributed by atoms with van der Waals surface area (Å²) in [5.74, 6) is -1.62. The lowest BCUT2D eigenvalue weighted by Crippen LogP contribution is -2.43. The summed E-state index contributed by atoms with van der Waals surface area (Å²) in [6.07, 6.45) is 2.53. The van der Waals surface area contributed by atoms with Gasteiger partial charge in [-0.15, -0.1) is 0 Å². The molecule has 1 fully saturated rings. The number of benzene rings is 2. The summed E-state index contributed by atoms with van der Waals surface area (Å²) >= 11 is 3.18. The zero-order chi connectivity index (χ0) is 23.8. The number of nitrogens with one attached hydrogen (secondary N) is 1. The van der Waals surface area contributed by atoms with Crippen LogP contribution in [0, 0.1) is 11.7 Å². The highest BCUT2D eigenvalue weighted by Crippen LogP contribution is 2.32. The van der Waals surface area contributed by atoms with Crippen molar-refractivity contribution in [2.24, 2.45) is 5.92 Å². The fraction of sp³-hybridized carbons (Fsp3) is 0.391. The first-order valence-corrected chi connectivity index (χ1v) is 13.1. The molecule has 0 aliphatic carbocycles. The van der Waals surface area contributed by atoms with Crippen molar-refractivity contribution in [3.05, 3.63) is 52.3 Å². The minimum atomic E-state index is -3.82. The Kier molecular flexibility index (Phi) is 6.88. The fourth-order valence-electron chi connectivity index (χ4n) is 4.41. The van der Waals surface area contributed by atoms with Gasteiger partial charge in [0, 0.05) is 36.7 Å². The van der Waals surface area contributed by atoms with Crippen molar-refractivity contribution in [1.29, 1.82) is 0 Å². The maximum Gasteiger partial charge on any atom is 0.243 e. The summed E-state index contributed by atoms with van der Waals surface area (Å²) in [6.45, 7) is 2.47. The Labute approximate surface area is 201 Å². The Bertz CT molecular complexity index is 1200. The summed E-state index contributed by atoms with van der Waals surface area (Å²) in [6, 6.07) is 9.20. The standard InChI is InChI=1S/C23H25BrFN3O4S/c1-15(29)28-11-3-4-16-12-19(7-9-22(16)28)33(31,32)27-10-2-5-17(14-27)23(30)26-21-8-6-18(24)13-20(21)25/h6-9,12-13,17H,2-5,10-11,14H2,1H3,(H,26,30). The number of rotatable bonds is 4. The Morgan fingerprint density at radius 3 is 2.64 bits per heavy atom. The van der Waals surface area contributed by atoms with Crippen LogP contribution < -0.4 is 10.2 Å². The van der Waals surface area contributed by atoms with Gasteiger partial charge in [-0.1, -0.05) is 15.9 Å². The van der Waals surface area contributed by atoms with Gasteiger partial charge in [-0.2, -0.15) is 4.31 Å². The van der Waals surface area contributed by atoms with Gasteiger partial charge in [0.15, 0.2) is 0 Å². The third-order valence-corrected chi connectivity index (χ3v) is 8.49. The van der Waals surface area contributed by atoms with Crippen molar-refractivity contribution in [2.75, 3.05) is 29.9 Å². The van der Waals surface area contributed by atoms with Crippen LogP contribution in [-0.4, -0.2) is 44.2 Å². The smallest absolute Gasteiger partial charge is 0.243 e. The van der Waals surface area contributed by atoms with Gasteiger partial charge in [0.1, 0.15) is 5.82 Å². The number of piperidine rings is 1. The molecule has 1 N–H and O–H groups in total. The lowest BCUT2D eigenvalue weighted by Gasteiger charge is -2.32. The Balaban J connectivity index is 1.51. The first kappa shape index (κ1) is 23.8. The van der Waals surface area contributed by atoms with E-state index < -0.39 is 27.7 Å². The minimum Gasteiger partial charge on any atom is -0.323 e. The molecule has 2 heterocycles. The molecule has 1 atom stereocenters. The second kappa shape index (κ2) is 9.52. The van der Waals surface area contributed by atoms with Crippen LogP contribution >= 0.6 is 15.9 Å². The molecule has 0 bridgehead atoms. The van der Waals surface area contributed by atoms with Crippen LogP contribution in [0.1, 0.15) is 31.7 Å². The average molecular weight is 538 g/mol. The quantitative estimate of drug-likeness (QED) is 0.640. The number of hydrogen-bond donors (Lipinski definition) is 1. The number of nitrogens with zero attached hydrogens (tertiary/aromatic N) is 2.